The molecule has 0 aromatic carbocycles. The smallest absolute Gasteiger partial charge is 0.417 e. The molecular formula is C11H12N4O4S. The Bertz CT molecular complexity index is 571. The van der Waals surface area contributed by atoms with Gasteiger partial charge in [-0.05, 0) is 24.9 Å². The zero-order valence-corrected chi connectivity index (χ0v) is 11.6. The van der Waals surface area contributed by atoms with E-state index in [4.69, 9.17) is 4.74 Å². The van der Waals surface area contributed by atoms with Gasteiger partial charge in [-0.2, -0.15) is 0 Å². The summed E-state index contributed by atoms with van der Waals surface area (Å²) in [5, 5.41) is 3.81. The highest BCUT2D eigenvalue weighted by atomic mass is 32.1. The van der Waals surface area contributed by atoms with E-state index in [9.17, 15) is 14.4 Å². The number of imide groups is 1. The van der Waals surface area contributed by atoms with E-state index in [1.54, 1.807) is 11.8 Å². The SMILES string of the molecule is Cc1nnsc1C(=O)N1CC[C@@H](N2C(=O)COC2=O)C1. The van der Waals surface area contributed by atoms with Crippen molar-refractivity contribution in [1.82, 2.24) is 19.4 Å². The van der Waals surface area contributed by atoms with Crippen molar-refractivity contribution in [3.05, 3.63) is 10.6 Å². The van der Waals surface area contributed by atoms with E-state index in [-0.39, 0.29) is 24.5 Å². The number of aromatic nitrogens is 2. The van der Waals surface area contributed by atoms with Gasteiger partial charge >= 0.3 is 6.09 Å². The number of carbonyl (C=O) groups is 3. The lowest BCUT2D eigenvalue weighted by atomic mass is 10.2. The largest absolute Gasteiger partial charge is 0.439 e. The molecule has 0 bridgehead atoms. The second kappa shape index (κ2) is 4.82. The first kappa shape index (κ1) is 13.0. The van der Waals surface area contributed by atoms with E-state index in [0.29, 0.717) is 30.1 Å². The number of hydrogen-bond acceptors (Lipinski definition) is 7. The molecule has 0 radical (unpaired) electrons. The maximum absolute atomic E-state index is 12.3. The highest BCUT2D eigenvalue weighted by Gasteiger charge is 2.41. The van der Waals surface area contributed by atoms with Gasteiger partial charge in [0.1, 0.15) is 4.88 Å². The van der Waals surface area contributed by atoms with Gasteiger partial charge in [0, 0.05) is 13.1 Å². The second-order valence-corrected chi connectivity index (χ2v) is 5.45. The molecule has 1 atom stereocenters. The maximum Gasteiger partial charge on any atom is 0.417 e. The normalized spacial score (nSPS) is 22.6. The van der Waals surface area contributed by atoms with Crippen LogP contribution in [0.2, 0.25) is 0 Å². The molecule has 8 nitrogen and oxygen atoms in total. The van der Waals surface area contributed by atoms with E-state index < -0.39 is 6.09 Å². The lowest BCUT2D eigenvalue weighted by Crippen LogP contribution is -2.42. The molecule has 1 aromatic heterocycles. The summed E-state index contributed by atoms with van der Waals surface area (Å²) in [4.78, 5) is 38.6. The molecule has 2 aliphatic heterocycles. The van der Waals surface area contributed by atoms with Gasteiger partial charge in [-0.15, -0.1) is 5.10 Å². The number of ether oxygens (including phenoxy) is 1. The molecule has 20 heavy (non-hydrogen) atoms. The summed E-state index contributed by atoms with van der Waals surface area (Å²) < 4.78 is 8.43. The Labute approximate surface area is 118 Å². The van der Waals surface area contributed by atoms with Crippen molar-refractivity contribution in [2.45, 2.75) is 19.4 Å². The standard InChI is InChI=1S/C11H12N4O4S/c1-6-9(20-13-12-6)10(17)14-3-2-7(4-14)15-8(16)5-19-11(15)18/h7H,2-5H2,1H3/t7-/m1/s1. The van der Waals surface area contributed by atoms with Crippen molar-refractivity contribution in [3.63, 3.8) is 0 Å². The Kier molecular flexibility index (Phi) is 3.13. The minimum absolute atomic E-state index is 0.153. The quantitative estimate of drug-likeness (QED) is 0.765. The van der Waals surface area contributed by atoms with Crippen LogP contribution in [0.5, 0.6) is 0 Å². The van der Waals surface area contributed by atoms with E-state index in [0.717, 1.165) is 16.4 Å². The molecule has 0 saturated carbocycles. The lowest BCUT2D eigenvalue weighted by molar-refractivity contribution is -0.127. The van der Waals surface area contributed by atoms with Crippen molar-refractivity contribution < 1.29 is 19.1 Å². The van der Waals surface area contributed by atoms with E-state index >= 15 is 0 Å². The van der Waals surface area contributed by atoms with Gasteiger partial charge in [-0.25, -0.2) is 9.69 Å². The summed E-state index contributed by atoms with van der Waals surface area (Å²) in [6.45, 7) is 2.35. The second-order valence-electron chi connectivity index (χ2n) is 4.70. The number of likely N-dealkylation sites (tertiary alicyclic amines) is 1. The van der Waals surface area contributed by atoms with Crippen molar-refractivity contribution >= 4 is 29.4 Å². The molecule has 3 heterocycles. The Morgan fingerprint density at radius 3 is 2.85 bits per heavy atom. The first-order valence-corrected chi connectivity index (χ1v) is 6.92. The summed E-state index contributed by atoms with van der Waals surface area (Å²) in [6, 6.07) is -0.303. The molecule has 2 saturated heterocycles. The third-order valence-electron chi connectivity index (χ3n) is 3.45. The minimum atomic E-state index is -0.620. The molecule has 1 aromatic rings. The van der Waals surface area contributed by atoms with Gasteiger partial charge in [0.2, 0.25) is 0 Å². The Morgan fingerprint density at radius 1 is 1.45 bits per heavy atom. The van der Waals surface area contributed by atoms with Crippen LogP contribution in [0.4, 0.5) is 4.79 Å². The van der Waals surface area contributed by atoms with E-state index in [1.807, 2.05) is 0 Å². The summed E-state index contributed by atoms with van der Waals surface area (Å²) in [5.74, 6) is -0.495. The van der Waals surface area contributed by atoms with Crippen LogP contribution in [0.15, 0.2) is 0 Å². The molecule has 3 rings (SSSR count). The third kappa shape index (κ3) is 2.03. The monoisotopic (exact) mass is 296 g/mol. The molecule has 2 fully saturated rings. The number of carbonyl (C=O) groups excluding carboxylic acids is 3. The maximum atomic E-state index is 12.3. The van der Waals surface area contributed by atoms with Crippen LogP contribution in [0, 0.1) is 6.92 Å². The van der Waals surface area contributed by atoms with Gasteiger partial charge in [0.05, 0.1) is 11.7 Å². The van der Waals surface area contributed by atoms with E-state index in [1.165, 1.54) is 0 Å². The van der Waals surface area contributed by atoms with Crippen LogP contribution in [0.3, 0.4) is 0 Å². The number of rotatable bonds is 2. The molecule has 3 amide bonds. The molecule has 0 unspecified atom stereocenters. The number of cyclic esters (lactones) is 1. The number of amides is 3. The molecule has 9 heteroatoms. The highest BCUT2D eigenvalue weighted by Crippen LogP contribution is 2.23. The molecule has 106 valence electrons. The van der Waals surface area contributed by atoms with Crippen LogP contribution in [0.25, 0.3) is 0 Å². The topological polar surface area (TPSA) is 92.7 Å². The number of aryl methyl sites for hydroxylation is 1. The zero-order valence-electron chi connectivity index (χ0n) is 10.7. The summed E-state index contributed by atoms with van der Waals surface area (Å²) in [5.41, 5.74) is 0.597. The molecular weight excluding hydrogens is 284 g/mol. The lowest BCUT2D eigenvalue weighted by Gasteiger charge is -2.20. The highest BCUT2D eigenvalue weighted by molar-refractivity contribution is 7.07. The Hall–Kier alpha value is -2.03. The first-order chi connectivity index (χ1) is 9.58. The summed E-state index contributed by atoms with van der Waals surface area (Å²) in [7, 11) is 0. The summed E-state index contributed by atoms with van der Waals surface area (Å²) >= 11 is 1.05. The van der Waals surface area contributed by atoms with Crippen LogP contribution < -0.4 is 0 Å². The average Bonchev–Trinajstić information content (AvgIpc) is 3.10. The fourth-order valence-corrected chi connectivity index (χ4v) is 3.05. The molecule has 0 N–H and O–H groups in total. The number of nitrogens with zero attached hydrogens (tertiary/aromatic N) is 4. The average molecular weight is 296 g/mol. The van der Waals surface area contributed by atoms with Crippen molar-refractivity contribution in [2.24, 2.45) is 0 Å². The number of hydrogen-bond donors (Lipinski definition) is 0. The third-order valence-corrected chi connectivity index (χ3v) is 4.26. The van der Waals surface area contributed by atoms with Crippen LogP contribution in [0.1, 0.15) is 21.8 Å². The predicted octanol–water partition coefficient (Wildman–Crippen LogP) is 0.0398. The van der Waals surface area contributed by atoms with E-state index in [2.05, 4.69) is 9.59 Å². The van der Waals surface area contributed by atoms with Crippen molar-refractivity contribution in [1.29, 1.82) is 0 Å². The van der Waals surface area contributed by atoms with Gasteiger partial charge in [-0.3, -0.25) is 9.59 Å². The molecule has 2 aliphatic rings. The fraction of sp³-hybridized carbons (Fsp3) is 0.545. The summed E-state index contributed by atoms with van der Waals surface area (Å²) in [6.07, 6.45) is -0.0531. The predicted molar refractivity (Wildman–Crippen MR) is 67.1 cm³/mol. The zero-order chi connectivity index (χ0) is 14.3. The van der Waals surface area contributed by atoms with Crippen molar-refractivity contribution in [3.8, 4) is 0 Å². The van der Waals surface area contributed by atoms with Crippen LogP contribution in [-0.2, 0) is 9.53 Å². The van der Waals surface area contributed by atoms with Crippen LogP contribution >= 0.6 is 11.5 Å². The van der Waals surface area contributed by atoms with Gasteiger partial charge < -0.3 is 9.64 Å². The van der Waals surface area contributed by atoms with Gasteiger partial charge in [0.15, 0.2) is 6.61 Å². The Morgan fingerprint density at radius 2 is 2.25 bits per heavy atom. The van der Waals surface area contributed by atoms with Gasteiger partial charge in [-0.1, -0.05) is 4.49 Å². The van der Waals surface area contributed by atoms with Gasteiger partial charge in [0.25, 0.3) is 11.8 Å². The molecule has 0 aliphatic carbocycles. The fourth-order valence-electron chi connectivity index (χ4n) is 2.43. The van der Waals surface area contributed by atoms with Crippen molar-refractivity contribution in [2.75, 3.05) is 19.7 Å². The minimum Gasteiger partial charge on any atom is -0.439 e. The first-order valence-electron chi connectivity index (χ1n) is 6.15. The van der Waals surface area contributed by atoms with Crippen LogP contribution in [-0.4, -0.2) is 63.0 Å². The Balaban J connectivity index is 1.71. The molecule has 0 spiro atoms.